The molecule has 0 spiro atoms. The minimum Gasteiger partial charge on any atom is -0.497 e. The van der Waals surface area contributed by atoms with Gasteiger partial charge in [-0.2, -0.15) is 0 Å². The molecule has 31 heavy (non-hydrogen) atoms. The van der Waals surface area contributed by atoms with Crippen molar-refractivity contribution < 1.29 is 22.3 Å². The van der Waals surface area contributed by atoms with Gasteiger partial charge in [0.15, 0.2) is 0 Å². The van der Waals surface area contributed by atoms with Crippen molar-refractivity contribution in [3.8, 4) is 5.75 Å². The van der Waals surface area contributed by atoms with Gasteiger partial charge in [0.1, 0.15) is 11.6 Å². The number of rotatable bonds is 10. The van der Waals surface area contributed by atoms with Crippen LogP contribution in [0.2, 0.25) is 0 Å². The van der Waals surface area contributed by atoms with Crippen LogP contribution in [0.4, 0.5) is 10.1 Å². The smallest absolute Gasteiger partial charge is 0.242 e. The lowest BCUT2D eigenvalue weighted by molar-refractivity contribution is -0.119. The van der Waals surface area contributed by atoms with E-state index in [1.54, 1.807) is 7.11 Å². The van der Waals surface area contributed by atoms with E-state index < -0.39 is 15.8 Å². The molecule has 2 aromatic carbocycles. The van der Waals surface area contributed by atoms with Crippen molar-refractivity contribution in [2.45, 2.75) is 43.5 Å². The predicted molar refractivity (Wildman–Crippen MR) is 118 cm³/mol. The maximum Gasteiger partial charge on any atom is 0.242 e. The molecule has 0 N–H and O–H groups in total. The molecule has 2 aromatic rings. The summed E-state index contributed by atoms with van der Waals surface area (Å²) in [7, 11) is -0.658. The lowest BCUT2D eigenvalue weighted by atomic mass is 10.1. The Morgan fingerprint density at radius 2 is 1.74 bits per heavy atom. The van der Waals surface area contributed by atoms with Crippen LogP contribution in [0.25, 0.3) is 0 Å². The second-order valence-electron chi connectivity index (χ2n) is 7.92. The third-order valence-electron chi connectivity index (χ3n) is 5.72. The Kier molecular flexibility index (Phi) is 7.33. The number of methoxy groups -OCH3 is 1. The molecule has 1 amide bonds. The Morgan fingerprint density at radius 1 is 1.13 bits per heavy atom. The second-order valence-corrected chi connectivity index (χ2v) is 9.97. The molecule has 0 aliphatic heterocycles. The Hall–Kier alpha value is -2.45. The van der Waals surface area contributed by atoms with Gasteiger partial charge in [-0.3, -0.25) is 4.79 Å². The maximum atomic E-state index is 13.1. The monoisotopic (exact) mass is 448 g/mol. The van der Waals surface area contributed by atoms with Gasteiger partial charge >= 0.3 is 0 Å². The largest absolute Gasteiger partial charge is 0.497 e. The Balaban J connectivity index is 1.64. The molecule has 168 valence electrons. The number of carbonyl (C=O) groups excluding carboxylic acids is 1. The number of halogens is 1. The van der Waals surface area contributed by atoms with Gasteiger partial charge in [0.2, 0.25) is 15.9 Å². The van der Waals surface area contributed by atoms with Crippen LogP contribution in [-0.2, 0) is 14.8 Å². The van der Waals surface area contributed by atoms with Crippen LogP contribution in [0.3, 0.4) is 0 Å². The Labute approximate surface area is 183 Å². The number of hydrogen-bond donors (Lipinski definition) is 0. The van der Waals surface area contributed by atoms with E-state index in [1.165, 1.54) is 23.5 Å². The molecule has 1 aliphatic rings. The van der Waals surface area contributed by atoms with E-state index in [9.17, 15) is 17.6 Å². The maximum absolute atomic E-state index is 13.1. The van der Waals surface area contributed by atoms with E-state index in [0.29, 0.717) is 12.3 Å². The van der Waals surface area contributed by atoms with Gasteiger partial charge in [-0.15, -0.1) is 0 Å². The predicted octanol–water partition coefficient (Wildman–Crippen LogP) is 4.07. The molecule has 1 aliphatic carbocycles. The highest BCUT2D eigenvalue weighted by Crippen LogP contribution is 2.37. The molecule has 1 saturated carbocycles. The third kappa shape index (κ3) is 5.62. The number of nitrogens with zero attached hydrogens (tertiary/aromatic N) is 2. The average molecular weight is 449 g/mol. The van der Waals surface area contributed by atoms with E-state index in [0.717, 1.165) is 36.4 Å². The van der Waals surface area contributed by atoms with Gasteiger partial charge in [-0.25, -0.2) is 17.1 Å². The molecule has 1 fully saturated rings. The summed E-state index contributed by atoms with van der Waals surface area (Å²) in [5, 5.41) is 0. The summed E-state index contributed by atoms with van der Waals surface area (Å²) < 4.78 is 44.8. The molecule has 0 bridgehead atoms. The van der Waals surface area contributed by atoms with E-state index in [1.807, 2.05) is 29.2 Å². The molecule has 3 rings (SSSR count). The van der Waals surface area contributed by atoms with Gasteiger partial charge in [0.25, 0.3) is 0 Å². The standard InChI is InChI=1S/C23H29FN2O4S/c1-17(18-6-7-18)26(20-10-12-21(30-3)13-11-20)23(27)5-4-16-25(2)31(28,29)22-14-8-19(24)9-15-22/h8-15,17-18H,4-7,16H2,1-3H3. The summed E-state index contributed by atoms with van der Waals surface area (Å²) >= 11 is 0. The molecule has 8 heteroatoms. The zero-order valence-electron chi connectivity index (χ0n) is 18.1. The number of benzene rings is 2. The normalized spacial score (nSPS) is 15.0. The van der Waals surface area contributed by atoms with Crippen LogP contribution < -0.4 is 9.64 Å². The van der Waals surface area contributed by atoms with Crippen LogP contribution in [-0.4, -0.2) is 45.4 Å². The first-order chi connectivity index (χ1) is 14.7. The molecule has 6 nitrogen and oxygen atoms in total. The van der Waals surface area contributed by atoms with Gasteiger partial charge in [-0.1, -0.05) is 0 Å². The molecule has 1 atom stereocenters. The van der Waals surface area contributed by atoms with Crippen LogP contribution in [0.1, 0.15) is 32.6 Å². The molecule has 1 unspecified atom stereocenters. The first-order valence-electron chi connectivity index (χ1n) is 10.4. The Bertz CT molecular complexity index is 989. The lowest BCUT2D eigenvalue weighted by Crippen LogP contribution is -2.40. The van der Waals surface area contributed by atoms with Crippen LogP contribution >= 0.6 is 0 Å². The fourth-order valence-corrected chi connectivity index (χ4v) is 4.83. The van der Waals surface area contributed by atoms with Crippen molar-refractivity contribution in [2.24, 2.45) is 5.92 Å². The molecule has 0 saturated heterocycles. The summed E-state index contributed by atoms with van der Waals surface area (Å²) in [5.41, 5.74) is 0.817. The minimum absolute atomic E-state index is 0.0304. The highest BCUT2D eigenvalue weighted by atomic mass is 32.2. The van der Waals surface area contributed by atoms with E-state index in [2.05, 4.69) is 6.92 Å². The van der Waals surface area contributed by atoms with Gasteiger partial charge in [0, 0.05) is 31.7 Å². The lowest BCUT2D eigenvalue weighted by Gasteiger charge is -2.30. The average Bonchev–Trinajstić information content (AvgIpc) is 3.60. The fourth-order valence-electron chi connectivity index (χ4n) is 3.62. The first kappa shape index (κ1) is 23.2. The highest BCUT2D eigenvalue weighted by Gasteiger charge is 2.35. The molecule has 0 aromatic heterocycles. The summed E-state index contributed by atoms with van der Waals surface area (Å²) in [6.07, 6.45) is 2.84. The van der Waals surface area contributed by atoms with Gasteiger partial charge < -0.3 is 9.64 Å². The van der Waals surface area contributed by atoms with Crippen molar-refractivity contribution in [2.75, 3.05) is 25.6 Å². The van der Waals surface area contributed by atoms with Crippen molar-refractivity contribution in [1.29, 1.82) is 0 Å². The number of sulfonamides is 1. The van der Waals surface area contributed by atoms with E-state index in [-0.39, 0.29) is 29.8 Å². The highest BCUT2D eigenvalue weighted by molar-refractivity contribution is 7.89. The number of hydrogen-bond acceptors (Lipinski definition) is 4. The summed E-state index contributed by atoms with van der Waals surface area (Å²) in [6, 6.07) is 12.2. The van der Waals surface area contributed by atoms with Gasteiger partial charge in [-0.05, 0) is 80.6 Å². The topological polar surface area (TPSA) is 66.9 Å². The summed E-state index contributed by atoms with van der Waals surface area (Å²) in [4.78, 5) is 15.0. The SMILES string of the molecule is COc1ccc(N(C(=O)CCCN(C)S(=O)(=O)c2ccc(F)cc2)C(C)C2CC2)cc1. The number of anilines is 1. The summed E-state index contributed by atoms with van der Waals surface area (Å²) in [6.45, 7) is 2.25. The van der Waals surface area contributed by atoms with Crippen LogP contribution in [0.15, 0.2) is 53.4 Å². The first-order valence-corrected chi connectivity index (χ1v) is 11.9. The van der Waals surface area contributed by atoms with Crippen molar-refractivity contribution in [1.82, 2.24) is 4.31 Å². The number of amides is 1. The van der Waals surface area contributed by atoms with Crippen LogP contribution in [0.5, 0.6) is 5.75 Å². The minimum atomic E-state index is -3.73. The molecular formula is C23H29FN2O4S. The van der Waals surface area contributed by atoms with Crippen molar-refractivity contribution in [3.05, 3.63) is 54.3 Å². The molecule has 0 radical (unpaired) electrons. The van der Waals surface area contributed by atoms with Crippen LogP contribution in [0, 0.1) is 11.7 Å². The van der Waals surface area contributed by atoms with Gasteiger partial charge in [0.05, 0.1) is 12.0 Å². The number of ether oxygens (including phenoxy) is 1. The van der Waals surface area contributed by atoms with E-state index >= 15 is 0 Å². The summed E-state index contributed by atoms with van der Waals surface area (Å²) in [5.74, 6) is 0.697. The Morgan fingerprint density at radius 3 is 2.29 bits per heavy atom. The number of carbonyl (C=O) groups is 1. The molecule has 0 heterocycles. The van der Waals surface area contributed by atoms with Crippen molar-refractivity contribution in [3.63, 3.8) is 0 Å². The van der Waals surface area contributed by atoms with Crippen molar-refractivity contribution >= 4 is 21.6 Å². The zero-order chi connectivity index (χ0) is 22.6. The quantitative estimate of drug-likeness (QED) is 0.550. The molecular weight excluding hydrogens is 419 g/mol. The fraction of sp³-hybridized carbons (Fsp3) is 0.435. The van der Waals surface area contributed by atoms with E-state index in [4.69, 9.17) is 4.74 Å². The second kappa shape index (κ2) is 9.78. The zero-order valence-corrected chi connectivity index (χ0v) is 18.9. The third-order valence-corrected chi connectivity index (χ3v) is 7.59.